The highest BCUT2D eigenvalue weighted by molar-refractivity contribution is 4.90. The third kappa shape index (κ3) is 6.29. The fourth-order valence-corrected chi connectivity index (χ4v) is 3.79. The van der Waals surface area contributed by atoms with Crippen LogP contribution in [-0.2, 0) is 9.47 Å². The van der Waals surface area contributed by atoms with E-state index in [0.717, 1.165) is 26.4 Å². The lowest BCUT2D eigenvalue weighted by Crippen LogP contribution is -2.49. The first-order valence-electron chi connectivity index (χ1n) is 10.3. The van der Waals surface area contributed by atoms with E-state index in [9.17, 15) is 0 Å². The van der Waals surface area contributed by atoms with Crippen LogP contribution in [0.4, 0.5) is 0 Å². The van der Waals surface area contributed by atoms with Crippen molar-refractivity contribution in [2.24, 2.45) is 10.8 Å². The minimum absolute atomic E-state index is 0.540. The molecule has 2 spiro atoms. The standard InChI is InChI=1S/2C8H15NO.2C2H6/c1-9-4-2-8(3-5-9)6-10-7-8;1-2-8(6-9-4-1)3-5-10-7-8;2*1-2/h2-7H2,1H3;9H,1-7H2;2*1-2H3. The van der Waals surface area contributed by atoms with Crippen molar-refractivity contribution in [3.8, 4) is 0 Å². The van der Waals surface area contributed by atoms with Crippen LogP contribution in [0, 0.1) is 10.8 Å². The predicted molar refractivity (Wildman–Crippen MR) is 103 cm³/mol. The average Bonchev–Trinajstić information content (AvgIpc) is 3.07. The highest BCUT2D eigenvalue weighted by atomic mass is 16.5. The van der Waals surface area contributed by atoms with Gasteiger partial charge >= 0.3 is 0 Å². The second-order valence-corrected chi connectivity index (χ2v) is 7.38. The molecular formula is C20H42N2O2. The molecule has 1 N–H and O–H groups in total. The highest BCUT2D eigenvalue weighted by Crippen LogP contribution is 2.37. The lowest BCUT2D eigenvalue weighted by atomic mass is 9.77. The molecule has 0 aromatic rings. The number of hydrogen-bond acceptors (Lipinski definition) is 4. The molecule has 0 aliphatic carbocycles. The molecule has 0 bridgehead atoms. The van der Waals surface area contributed by atoms with Crippen LogP contribution in [0.5, 0.6) is 0 Å². The van der Waals surface area contributed by atoms with Gasteiger partial charge in [0.2, 0.25) is 0 Å². The Labute approximate surface area is 150 Å². The maximum absolute atomic E-state index is 5.40. The Morgan fingerprint density at radius 2 is 1.42 bits per heavy atom. The summed E-state index contributed by atoms with van der Waals surface area (Å²) in [5, 5.41) is 3.44. The molecule has 144 valence electrons. The van der Waals surface area contributed by atoms with Crippen molar-refractivity contribution in [3.05, 3.63) is 0 Å². The second kappa shape index (κ2) is 11.5. The van der Waals surface area contributed by atoms with Gasteiger partial charge in [-0.1, -0.05) is 27.7 Å². The zero-order valence-electron chi connectivity index (χ0n) is 17.0. The van der Waals surface area contributed by atoms with Gasteiger partial charge in [-0.05, 0) is 58.8 Å². The minimum Gasteiger partial charge on any atom is -0.381 e. The molecule has 1 atom stereocenters. The molecule has 4 fully saturated rings. The summed E-state index contributed by atoms with van der Waals surface area (Å²) in [7, 11) is 2.20. The van der Waals surface area contributed by atoms with E-state index in [0.29, 0.717) is 10.8 Å². The molecular weight excluding hydrogens is 300 g/mol. The first-order valence-corrected chi connectivity index (χ1v) is 10.3. The zero-order chi connectivity index (χ0) is 17.9. The molecule has 0 radical (unpaired) electrons. The summed E-state index contributed by atoms with van der Waals surface area (Å²) in [6.45, 7) is 17.0. The molecule has 1 unspecified atom stereocenters. The molecule has 4 aliphatic rings. The number of nitrogens with one attached hydrogen (secondary N) is 1. The third-order valence-corrected chi connectivity index (χ3v) is 5.61. The van der Waals surface area contributed by atoms with Crippen molar-refractivity contribution in [3.63, 3.8) is 0 Å². The Hall–Kier alpha value is -0.160. The maximum atomic E-state index is 5.40. The van der Waals surface area contributed by atoms with Gasteiger partial charge in [-0.15, -0.1) is 0 Å². The molecule has 4 rings (SSSR count). The number of piperidine rings is 2. The van der Waals surface area contributed by atoms with Gasteiger partial charge in [-0.2, -0.15) is 0 Å². The molecule has 24 heavy (non-hydrogen) atoms. The van der Waals surface area contributed by atoms with Crippen LogP contribution in [0.2, 0.25) is 0 Å². The van der Waals surface area contributed by atoms with Crippen LogP contribution in [0.1, 0.15) is 59.8 Å². The summed E-state index contributed by atoms with van der Waals surface area (Å²) in [6, 6.07) is 0. The van der Waals surface area contributed by atoms with E-state index in [1.165, 1.54) is 58.3 Å². The van der Waals surface area contributed by atoms with Crippen molar-refractivity contribution in [1.82, 2.24) is 10.2 Å². The summed E-state index contributed by atoms with van der Waals surface area (Å²) in [6.07, 6.45) is 6.69. The predicted octanol–water partition coefficient (Wildman–Crippen LogP) is 3.56. The normalized spacial score (nSPS) is 30.9. The topological polar surface area (TPSA) is 33.7 Å². The van der Waals surface area contributed by atoms with Crippen molar-refractivity contribution >= 4 is 0 Å². The van der Waals surface area contributed by atoms with Gasteiger partial charge in [0, 0.05) is 24.0 Å². The first kappa shape index (κ1) is 21.9. The van der Waals surface area contributed by atoms with Crippen LogP contribution < -0.4 is 5.32 Å². The van der Waals surface area contributed by atoms with Crippen molar-refractivity contribution < 1.29 is 9.47 Å². The molecule has 0 saturated carbocycles. The summed E-state index contributed by atoms with van der Waals surface area (Å²) in [4.78, 5) is 2.41. The van der Waals surface area contributed by atoms with Crippen LogP contribution >= 0.6 is 0 Å². The molecule has 0 aromatic carbocycles. The number of ether oxygens (including phenoxy) is 2. The third-order valence-electron chi connectivity index (χ3n) is 5.61. The molecule has 4 aliphatic heterocycles. The summed E-state index contributed by atoms with van der Waals surface area (Å²) in [5.41, 5.74) is 1.16. The van der Waals surface area contributed by atoms with Gasteiger partial charge in [0.05, 0.1) is 19.8 Å². The van der Waals surface area contributed by atoms with E-state index in [-0.39, 0.29) is 0 Å². The Balaban J connectivity index is 0.000000199. The summed E-state index contributed by atoms with van der Waals surface area (Å²) in [5.74, 6) is 0. The van der Waals surface area contributed by atoms with E-state index in [1.807, 2.05) is 27.7 Å². The monoisotopic (exact) mass is 342 g/mol. The fourth-order valence-electron chi connectivity index (χ4n) is 3.79. The highest BCUT2D eigenvalue weighted by Gasteiger charge is 2.40. The minimum atomic E-state index is 0.540. The number of rotatable bonds is 0. The Morgan fingerprint density at radius 1 is 0.792 bits per heavy atom. The smallest absolute Gasteiger partial charge is 0.0545 e. The molecule has 4 saturated heterocycles. The van der Waals surface area contributed by atoms with Gasteiger partial charge in [0.1, 0.15) is 0 Å². The lowest BCUT2D eigenvalue weighted by Gasteiger charge is -2.46. The van der Waals surface area contributed by atoms with E-state index >= 15 is 0 Å². The molecule has 4 heteroatoms. The van der Waals surface area contributed by atoms with Gasteiger partial charge in [0.15, 0.2) is 0 Å². The van der Waals surface area contributed by atoms with Gasteiger partial charge in [0.25, 0.3) is 0 Å². The Bertz CT molecular complexity index is 295. The maximum Gasteiger partial charge on any atom is 0.0545 e. The van der Waals surface area contributed by atoms with Crippen LogP contribution in [0.3, 0.4) is 0 Å². The van der Waals surface area contributed by atoms with Gasteiger partial charge in [-0.3, -0.25) is 0 Å². The lowest BCUT2D eigenvalue weighted by molar-refractivity contribution is -0.137. The van der Waals surface area contributed by atoms with E-state index < -0.39 is 0 Å². The summed E-state index contributed by atoms with van der Waals surface area (Å²) >= 11 is 0. The SMILES string of the molecule is C1CNCC2(C1)CCOC2.CC.CC.CN1CCC2(CC1)COC2. The van der Waals surface area contributed by atoms with Gasteiger partial charge in [-0.25, -0.2) is 0 Å². The number of nitrogens with zero attached hydrogens (tertiary/aromatic N) is 1. The van der Waals surface area contributed by atoms with E-state index in [2.05, 4.69) is 17.3 Å². The van der Waals surface area contributed by atoms with Crippen LogP contribution in [-0.4, -0.2) is 64.6 Å². The van der Waals surface area contributed by atoms with Crippen LogP contribution in [0.15, 0.2) is 0 Å². The first-order chi connectivity index (χ1) is 11.7. The van der Waals surface area contributed by atoms with Crippen molar-refractivity contribution in [2.45, 2.75) is 59.8 Å². The van der Waals surface area contributed by atoms with E-state index in [1.54, 1.807) is 0 Å². The number of hydrogen-bond donors (Lipinski definition) is 1. The number of likely N-dealkylation sites (tertiary alicyclic amines) is 1. The van der Waals surface area contributed by atoms with Gasteiger partial charge < -0.3 is 19.7 Å². The molecule has 4 nitrogen and oxygen atoms in total. The molecule has 0 amide bonds. The Kier molecular flexibility index (Phi) is 10.4. The largest absolute Gasteiger partial charge is 0.381 e. The van der Waals surface area contributed by atoms with Crippen molar-refractivity contribution in [2.75, 3.05) is 59.7 Å². The zero-order valence-corrected chi connectivity index (χ0v) is 17.0. The van der Waals surface area contributed by atoms with Crippen molar-refractivity contribution in [1.29, 1.82) is 0 Å². The van der Waals surface area contributed by atoms with E-state index in [4.69, 9.17) is 9.47 Å². The fraction of sp³-hybridized carbons (Fsp3) is 1.00. The quantitative estimate of drug-likeness (QED) is 0.730. The molecule has 4 heterocycles. The molecule has 0 aromatic heterocycles. The van der Waals surface area contributed by atoms with Crippen LogP contribution in [0.25, 0.3) is 0 Å². The average molecular weight is 343 g/mol. The Morgan fingerprint density at radius 3 is 1.83 bits per heavy atom. The summed E-state index contributed by atoms with van der Waals surface area (Å²) < 4.78 is 10.6. The second-order valence-electron chi connectivity index (χ2n) is 7.38.